The summed E-state index contributed by atoms with van der Waals surface area (Å²) in [5.41, 5.74) is 1.00. The van der Waals surface area contributed by atoms with Gasteiger partial charge in [-0.3, -0.25) is 4.79 Å². The highest BCUT2D eigenvalue weighted by Crippen LogP contribution is 2.24. The number of nitrogens with one attached hydrogen (secondary N) is 1. The molecular formula is C13H16N2OS3. The Morgan fingerprint density at radius 2 is 2.32 bits per heavy atom. The number of H-pyrrole nitrogens is 1. The van der Waals surface area contributed by atoms with E-state index >= 15 is 0 Å². The zero-order valence-corrected chi connectivity index (χ0v) is 13.5. The van der Waals surface area contributed by atoms with E-state index in [0.717, 1.165) is 14.5 Å². The number of nitrogens with zero attached hydrogens (tertiary/aromatic N) is 1. The molecule has 19 heavy (non-hydrogen) atoms. The highest BCUT2D eigenvalue weighted by atomic mass is 32.1. The molecule has 0 unspecified atom stereocenters. The monoisotopic (exact) mass is 312 g/mol. The molecule has 0 aliphatic carbocycles. The summed E-state index contributed by atoms with van der Waals surface area (Å²) in [5.74, 6) is 0.120. The quantitative estimate of drug-likeness (QED) is 0.868. The van der Waals surface area contributed by atoms with Gasteiger partial charge in [0.1, 0.15) is 0 Å². The summed E-state index contributed by atoms with van der Waals surface area (Å²) in [5, 5.41) is 2.03. The van der Waals surface area contributed by atoms with E-state index in [1.807, 2.05) is 25.4 Å². The third kappa shape index (κ3) is 3.32. The van der Waals surface area contributed by atoms with Gasteiger partial charge in [-0.25, -0.2) is 0 Å². The minimum absolute atomic E-state index is 0.111. The van der Waals surface area contributed by atoms with Gasteiger partial charge in [0, 0.05) is 22.5 Å². The van der Waals surface area contributed by atoms with Crippen molar-refractivity contribution in [3.8, 4) is 0 Å². The molecule has 0 saturated carbocycles. The minimum Gasteiger partial charge on any atom is -0.341 e. The van der Waals surface area contributed by atoms with Crippen LogP contribution in [0, 0.1) is 10.9 Å². The van der Waals surface area contributed by atoms with Crippen molar-refractivity contribution in [1.29, 1.82) is 0 Å². The highest BCUT2D eigenvalue weighted by Gasteiger charge is 2.19. The maximum atomic E-state index is 12.3. The molecule has 102 valence electrons. The first-order chi connectivity index (χ1) is 8.99. The molecule has 2 aromatic rings. The molecule has 0 bridgehead atoms. The molecule has 2 aromatic heterocycles. The van der Waals surface area contributed by atoms with E-state index in [1.54, 1.807) is 16.2 Å². The Labute approximate surface area is 125 Å². The molecule has 1 amide bonds. The number of aromatic nitrogens is 1. The van der Waals surface area contributed by atoms with Gasteiger partial charge in [0.2, 0.25) is 5.91 Å². The van der Waals surface area contributed by atoms with Crippen LogP contribution in [0.5, 0.6) is 0 Å². The fourth-order valence-electron chi connectivity index (χ4n) is 1.80. The van der Waals surface area contributed by atoms with Crippen LogP contribution in [-0.4, -0.2) is 22.8 Å². The van der Waals surface area contributed by atoms with Crippen molar-refractivity contribution in [2.24, 2.45) is 0 Å². The molecule has 1 N–H and O–H groups in total. The summed E-state index contributed by atoms with van der Waals surface area (Å²) in [7, 11) is 1.86. The van der Waals surface area contributed by atoms with Gasteiger partial charge in [-0.2, -0.15) is 0 Å². The second kappa shape index (κ2) is 5.98. The summed E-state index contributed by atoms with van der Waals surface area (Å²) in [4.78, 5) is 19.4. The zero-order valence-electron chi connectivity index (χ0n) is 11.1. The number of carbonyl (C=O) groups is 1. The molecule has 0 aliphatic heterocycles. The third-order valence-electron chi connectivity index (χ3n) is 3.16. The van der Waals surface area contributed by atoms with E-state index in [2.05, 4.69) is 18.0 Å². The number of hydrogen-bond acceptors (Lipinski definition) is 4. The van der Waals surface area contributed by atoms with Crippen LogP contribution in [0.25, 0.3) is 0 Å². The molecule has 6 heteroatoms. The molecule has 0 radical (unpaired) electrons. The number of rotatable bonds is 4. The number of thiazole rings is 1. The lowest BCUT2D eigenvalue weighted by Gasteiger charge is -2.24. The fourth-order valence-corrected chi connectivity index (χ4v) is 3.91. The van der Waals surface area contributed by atoms with Crippen LogP contribution >= 0.6 is 34.9 Å². The summed E-state index contributed by atoms with van der Waals surface area (Å²) < 4.78 is 0.731. The summed E-state index contributed by atoms with van der Waals surface area (Å²) in [6, 6.07) is 4.18. The first-order valence-electron chi connectivity index (χ1n) is 5.96. The van der Waals surface area contributed by atoms with Crippen LogP contribution in [-0.2, 0) is 11.2 Å². The Hall–Kier alpha value is -0.980. The average Bonchev–Trinajstić information content (AvgIpc) is 2.98. The molecule has 0 aliphatic rings. The normalized spacial score (nSPS) is 12.4. The smallest absolute Gasteiger partial charge is 0.228 e. The second-order valence-electron chi connectivity index (χ2n) is 4.44. The fraction of sp³-hybridized carbons (Fsp3) is 0.385. The van der Waals surface area contributed by atoms with Crippen molar-refractivity contribution in [3.05, 3.63) is 36.9 Å². The highest BCUT2D eigenvalue weighted by molar-refractivity contribution is 7.73. The van der Waals surface area contributed by atoms with Crippen LogP contribution in [0.4, 0.5) is 0 Å². The van der Waals surface area contributed by atoms with Gasteiger partial charge in [0.05, 0.1) is 12.5 Å². The Bertz CT molecular complexity index is 612. The maximum absolute atomic E-state index is 12.3. The number of aryl methyl sites for hydroxylation is 1. The standard InChI is InChI=1S/C13H16N2OS3/c1-8-11(19-13(17)14-8)7-12(16)15(3)9(2)10-5-4-6-18-10/h4-6,9H,7H2,1-3H3,(H,14,17)/t9-/m1/s1. The Kier molecular flexibility index (Phi) is 4.54. The van der Waals surface area contributed by atoms with Gasteiger partial charge < -0.3 is 9.88 Å². The maximum Gasteiger partial charge on any atom is 0.228 e. The predicted molar refractivity (Wildman–Crippen MR) is 83.4 cm³/mol. The first kappa shape index (κ1) is 14.4. The number of thiophene rings is 1. The van der Waals surface area contributed by atoms with E-state index in [4.69, 9.17) is 12.2 Å². The van der Waals surface area contributed by atoms with Crippen molar-refractivity contribution in [2.75, 3.05) is 7.05 Å². The van der Waals surface area contributed by atoms with Crippen LogP contribution in [0.3, 0.4) is 0 Å². The van der Waals surface area contributed by atoms with E-state index in [9.17, 15) is 4.79 Å². The molecule has 0 saturated heterocycles. The molecule has 3 nitrogen and oxygen atoms in total. The lowest BCUT2D eigenvalue weighted by Crippen LogP contribution is -2.30. The Morgan fingerprint density at radius 3 is 2.84 bits per heavy atom. The van der Waals surface area contributed by atoms with Crippen LogP contribution in [0.1, 0.15) is 28.4 Å². The first-order valence-corrected chi connectivity index (χ1v) is 8.07. The van der Waals surface area contributed by atoms with Crippen molar-refractivity contribution in [1.82, 2.24) is 9.88 Å². The van der Waals surface area contributed by atoms with Crippen LogP contribution in [0.15, 0.2) is 17.5 Å². The van der Waals surface area contributed by atoms with Gasteiger partial charge >= 0.3 is 0 Å². The number of likely N-dealkylation sites (N-methyl/N-ethyl adjacent to an activating group) is 1. The van der Waals surface area contributed by atoms with Crippen molar-refractivity contribution >= 4 is 40.8 Å². The van der Waals surface area contributed by atoms with Gasteiger partial charge in [-0.05, 0) is 37.5 Å². The van der Waals surface area contributed by atoms with Crippen LogP contribution < -0.4 is 0 Å². The second-order valence-corrected chi connectivity index (χ2v) is 7.19. The molecule has 0 aromatic carbocycles. The van der Waals surface area contributed by atoms with Gasteiger partial charge in [0.25, 0.3) is 0 Å². The number of carbonyl (C=O) groups excluding carboxylic acids is 1. The van der Waals surface area contributed by atoms with E-state index < -0.39 is 0 Å². The Balaban J connectivity index is 2.07. The van der Waals surface area contributed by atoms with E-state index in [-0.39, 0.29) is 11.9 Å². The van der Waals surface area contributed by atoms with Gasteiger partial charge in [0.15, 0.2) is 3.95 Å². The van der Waals surface area contributed by atoms with E-state index in [1.165, 1.54) is 16.2 Å². The third-order valence-corrected chi connectivity index (χ3v) is 5.54. The lowest BCUT2D eigenvalue weighted by atomic mass is 10.2. The predicted octanol–water partition coefficient (Wildman–Crippen LogP) is 3.94. The summed E-state index contributed by atoms with van der Waals surface area (Å²) in [6.45, 7) is 4.01. The van der Waals surface area contributed by atoms with Crippen molar-refractivity contribution in [3.63, 3.8) is 0 Å². The topological polar surface area (TPSA) is 36.1 Å². The largest absolute Gasteiger partial charge is 0.341 e. The lowest BCUT2D eigenvalue weighted by molar-refractivity contribution is -0.130. The van der Waals surface area contributed by atoms with Crippen LogP contribution in [0.2, 0.25) is 0 Å². The Morgan fingerprint density at radius 1 is 1.58 bits per heavy atom. The number of hydrogen-bond donors (Lipinski definition) is 1. The number of aromatic amines is 1. The average molecular weight is 312 g/mol. The summed E-state index contributed by atoms with van der Waals surface area (Å²) in [6.07, 6.45) is 0.413. The minimum atomic E-state index is 0.111. The molecular weight excluding hydrogens is 296 g/mol. The van der Waals surface area contributed by atoms with E-state index in [0.29, 0.717) is 6.42 Å². The molecule has 0 spiro atoms. The van der Waals surface area contributed by atoms with Gasteiger partial charge in [-0.15, -0.1) is 22.7 Å². The SMILES string of the molecule is Cc1[nH]c(=S)sc1CC(=O)N(C)[C@H](C)c1cccs1. The van der Waals surface area contributed by atoms with Gasteiger partial charge in [-0.1, -0.05) is 6.07 Å². The molecule has 0 fully saturated rings. The summed E-state index contributed by atoms with van der Waals surface area (Å²) >= 11 is 8.26. The number of amides is 1. The molecule has 2 heterocycles. The van der Waals surface area contributed by atoms with Crippen molar-refractivity contribution in [2.45, 2.75) is 26.3 Å². The molecule has 2 rings (SSSR count). The molecule has 1 atom stereocenters. The van der Waals surface area contributed by atoms with Crippen molar-refractivity contribution < 1.29 is 4.79 Å². The zero-order chi connectivity index (χ0) is 14.0.